The number of nitrogens with one attached hydrogen (secondary N) is 1. The van der Waals surface area contributed by atoms with Crippen molar-refractivity contribution in [2.75, 3.05) is 12.4 Å². The summed E-state index contributed by atoms with van der Waals surface area (Å²) in [5.74, 6) is -1.16. The average molecular weight is 407 g/mol. The van der Waals surface area contributed by atoms with Crippen molar-refractivity contribution in [3.05, 3.63) is 68.2 Å². The van der Waals surface area contributed by atoms with Crippen molar-refractivity contribution in [1.29, 1.82) is 0 Å². The number of rotatable bonds is 6. The van der Waals surface area contributed by atoms with Crippen LogP contribution in [0.5, 0.6) is 0 Å². The van der Waals surface area contributed by atoms with Crippen LogP contribution in [-0.2, 0) is 4.74 Å². The van der Waals surface area contributed by atoms with E-state index in [4.69, 9.17) is 4.74 Å². The predicted molar refractivity (Wildman–Crippen MR) is 96.0 cm³/mol. The van der Waals surface area contributed by atoms with Gasteiger partial charge in [0.05, 0.1) is 10.5 Å². The summed E-state index contributed by atoms with van der Waals surface area (Å²) >= 11 is 3.28. The summed E-state index contributed by atoms with van der Waals surface area (Å²) in [5, 5.41) is 13.7. The van der Waals surface area contributed by atoms with Gasteiger partial charge in [-0.3, -0.25) is 14.9 Å². The van der Waals surface area contributed by atoms with Crippen LogP contribution in [0.25, 0.3) is 0 Å². The number of hydrogen-bond acceptors (Lipinski definition) is 6. The molecule has 2 aromatic rings. The highest BCUT2D eigenvalue weighted by Crippen LogP contribution is 2.25. The molecular formula is C17H15BrN2O5. The van der Waals surface area contributed by atoms with E-state index in [9.17, 15) is 19.7 Å². The van der Waals surface area contributed by atoms with Crippen LogP contribution in [0.1, 0.15) is 27.6 Å². The molecule has 0 saturated carbocycles. The maximum Gasteiger partial charge on any atom is 0.339 e. The molecule has 8 heteroatoms. The number of halogens is 1. The quantitative estimate of drug-likeness (QED) is 0.338. The summed E-state index contributed by atoms with van der Waals surface area (Å²) in [4.78, 5) is 34.9. The molecule has 0 bridgehead atoms. The van der Waals surface area contributed by atoms with Gasteiger partial charge >= 0.3 is 5.97 Å². The molecule has 0 saturated heterocycles. The summed E-state index contributed by atoms with van der Waals surface area (Å²) in [6.07, 6.45) is -1.02. The highest BCUT2D eigenvalue weighted by atomic mass is 79.9. The van der Waals surface area contributed by atoms with Gasteiger partial charge in [-0.25, -0.2) is 4.79 Å². The van der Waals surface area contributed by atoms with Crippen LogP contribution in [0.4, 0.5) is 11.4 Å². The minimum Gasteiger partial charge on any atom is -0.451 e. The van der Waals surface area contributed by atoms with Gasteiger partial charge in [0.15, 0.2) is 6.10 Å². The molecule has 0 fully saturated rings. The molecule has 0 heterocycles. The van der Waals surface area contributed by atoms with E-state index in [-0.39, 0.29) is 22.7 Å². The van der Waals surface area contributed by atoms with Gasteiger partial charge in [-0.1, -0.05) is 28.1 Å². The molecule has 1 N–H and O–H groups in total. The molecule has 7 nitrogen and oxygen atoms in total. The third-order valence-electron chi connectivity index (χ3n) is 3.48. The summed E-state index contributed by atoms with van der Waals surface area (Å²) in [6.45, 7) is 1.46. The smallest absolute Gasteiger partial charge is 0.339 e. The maximum atomic E-state index is 12.3. The van der Waals surface area contributed by atoms with Crippen LogP contribution >= 0.6 is 15.9 Å². The van der Waals surface area contributed by atoms with Gasteiger partial charge in [0.2, 0.25) is 5.78 Å². The number of carbonyl (C=O) groups is 2. The average Bonchev–Trinajstić information content (AvgIpc) is 2.60. The van der Waals surface area contributed by atoms with Crippen LogP contribution in [0.3, 0.4) is 0 Å². The lowest BCUT2D eigenvalue weighted by Crippen LogP contribution is -2.24. The lowest BCUT2D eigenvalue weighted by Gasteiger charge is -2.13. The Morgan fingerprint density at radius 2 is 1.76 bits per heavy atom. The number of ether oxygens (including phenoxy) is 1. The molecule has 2 rings (SSSR count). The Kier molecular flexibility index (Phi) is 5.87. The summed E-state index contributed by atoms with van der Waals surface area (Å²) in [7, 11) is 1.54. The minimum atomic E-state index is -1.02. The summed E-state index contributed by atoms with van der Waals surface area (Å²) in [6, 6.07) is 10.6. The van der Waals surface area contributed by atoms with Crippen LogP contribution in [0.2, 0.25) is 0 Å². The topological polar surface area (TPSA) is 98.5 Å². The van der Waals surface area contributed by atoms with Gasteiger partial charge in [0.25, 0.3) is 5.69 Å². The number of esters is 1. The molecule has 0 amide bonds. The number of Topliss-reactive ketones (excluding diaryl/α,β-unsaturated/α-hetero) is 1. The Hall–Kier alpha value is -2.74. The molecule has 2 aromatic carbocycles. The predicted octanol–water partition coefficient (Wildman–Crippen LogP) is 3.83. The highest BCUT2D eigenvalue weighted by molar-refractivity contribution is 9.10. The third kappa shape index (κ3) is 4.42. The lowest BCUT2D eigenvalue weighted by molar-refractivity contribution is -0.384. The van der Waals surface area contributed by atoms with E-state index >= 15 is 0 Å². The number of hydrogen-bond donors (Lipinski definition) is 1. The molecule has 0 spiro atoms. The van der Waals surface area contributed by atoms with E-state index in [1.54, 1.807) is 31.3 Å². The van der Waals surface area contributed by atoms with Crippen molar-refractivity contribution in [2.45, 2.75) is 13.0 Å². The number of carbonyl (C=O) groups excluding carboxylic acids is 2. The van der Waals surface area contributed by atoms with E-state index in [2.05, 4.69) is 21.2 Å². The zero-order valence-electron chi connectivity index (χ0n) is 13.5. The second kappa shape index (κ2) is 7.89. The van der Waals surface area contributed by atoms with Gasteiger partial charge in [-0.05, 0) is 31.2 Å². The largest absolute Gasteiger partial charge is 0.451 e. The Bertz CT molecular complexity index is 820. The summed E-state index contributed by atoms with van der Waals surface area (Å²) < 4.78 is 5.97. The fourth-order valence-corrected chi connectivity index (χ4v) is 2.42. The van der Waals surface area contributed by atoms with Gasteiger partial charge in [0.1, 0.15) is 5.69 Å². The molecule has 25 heavy (non-hydrogen) atoms. The lowest BCUT2D eigenvalue weighted by atomic mass is 10.1. The first kappa shape index (κ1) is 18.6. The Morgan fingerprint density at radius 1 is 1.16 bits per heavy atom. The Balaban J connectivity index is 2.15. The zero-order chi connectivity index (χ0) is 18.6. The first-order chi connectivity index (χ1) is 11.8. The van der Waals surface area contributed by atoms with Gasteiger partial charge < -0.3 is 10.1 Å². The number of nitrogens with zero attached hydrogens (tertiary/aromatic N) is 1. The number of nitro groups is 1. The highest BCUT2D eigenvalue weighted by Gasteiger charge is 2.23. The second-order valence-electron chi connectivity index (χ2n) is 5.16. The first-order valence-electron chi connectivity index (χ1n) is 7.30. The third-order valence-corrected chi connectivity index (χ3v) is 4.01. The molecular weight excluding hydrogens is 392 g/mol. The van der Waals surface area contributed by atoms with Crippen LogP contribution in [0, 0.1) is 10.1 Å². The molecule has 0 radical (unpaired) electrons. The van der Waals surface area contributed by atoms with Crippen LogP contribution in [-0.4, -0.2) is 29.8 Å². The van der Waals surface area contributed by atoms with Crippen molar-refractivity contribution in [2.24, 2.45) is 0 Å². The van der Waals surface area contributed by atoms with Crippen molar-refractivity contribution >= 4 is 39.1 Å². The fourth-order valence-electron chi connectivity index (χ4n) is 2.15. The molecule has 130 valence electrons. The SMILES string of the molecule is CNc1ccc(C(=O)O[C@@H](C)C(=O)c2ccc(Br)cc2)cc1[N+](=O)[O-]. The van der Waals surface area contributed by atoms with Crippen LogP contribution in [0.15, 0.2) is 46.9 Å². The van der Waals surface area contributed by atoms with E-state index in [0.29, 0.717) is 5.56 Å². The van der Waals surface area contributed by atoms with E-state index in [1.165, 1.54) is 19.1 Å². The second-order valence-corrected chi connectivity index (χ2v) is 6.07. The Labute approximate surface area is 152 Å². The number of benzene rings is 2. The van der Waals surface area contributed by atoms with Crippen molar-refractivity contribution in [3.63, 3.8) is 0 Å². The normalized spacial score (nSPS) is 11.5. The van der Waals surface area contributed by atoms with Crippen molar-refractivity contribution in [3.8, 4) is 0 Å². The fraction of sp³-hybridized carbons (Fsp3) is 0.176. The molecule has 1 atom stereocenters. The maximum absolute atomic E-state index is 12.3. The van der Waals surface area contributed by atoms with Crippen molar-refractivity contribution in [1.82, 2.24) is 0 Å². The van der Waals surface area contributed by atoms with Crippen molar-refractivity contribution < 1.29 is 19.2 Å². The first-order valence-corrected chi connectivity index (χ1v) is 8.09. The molecule has 0 aliphatic carbocycles. The standard InChI is InChI=1S/C17H15BrN2O5/c1-10(16(21)11-3-6-13(18)7-4-11)25-17(22)12-5-8-14(19-2)15(9-12)20(23)24/h3-10,19H,1-2H3/t10-/m0/s1. The van der Waals surface area contributed by atoms with E-state index in [1.807, 2.05) is 0 Å². The number of anilines is 1. The number of nitro benzene ring substituents is 1. The molecule has 0 aromatic heterocycles. The monoisotopic (exact) mass is 406 g/mol. The van der Waals surface area contributed by atoms with E-state index < -0.39 is 17.0 Å². The van der Waals surface area contributed by atoms with Gasteiger partial charge in [-0.15, -0.1) is 0 Å². The number of ketones is 1. The summed E-state index contributed by atoms with van der Waals surface area (Å²) in [5.41, 5.74) is 0.436. The molecule has 0 unspecified atom stereocenters. The molecule has 0 aliphatic heterocycles. The van der Waals surface area contributed by atoms with E-state index in [0.717, 1.165) is 10.5 Å². The Morgan fingerprint density at radius 3 is 2.32 bits per heavy atom. The zero-order valence-corrected chi connectivity index (χ0v) is 15.1. The minimum absolute atomic E-state index is 0.00107. The van der Waals surface area contributed by atoms with Gasteiger partial charge in [-0.2, -0.15) is 0 Å². The van der Waals surface area contributed by atoms with Crippen LogP contribution < -0.4 is 5.32 Å². The van der Waals surface area contributed by atoms with Gasteiger partial charge in [0, 0.05) is 23.2 Å². The molecule has 0 aliphatic rings.